The van der Waals surface area contributed by atoms with Gasteiger partial charge in [-0.2, -0.15) is 0 Å². The lowest BCUT2D eigenvalue weighted by molar-refractivity contribution is 0.101. The molecule has 2 aromatic rings. The van der Waals surface area contributed by atoms with E-state index in [2.05, 4.69) is 5.32 Å². The van der Waals surface area contributed by atoms with Crippen LogP contribution in [0.25, 0.3) is 0 Å². The van der Waals surface area contributed by atoms with Crippen molar-refractivity contribution in [3.05, 3.63) is 47.3 Å². The molecule has 3 N–H and O–H groups in total. The minimum absolute atomic E-state index is 0.0163. The van der Waals surface area contributed by atoms with E-state index in [1.165, 1.54) is 13.0 Å². The van der Waals surface area contributed by atoms with Crippen LogP contribution in [0.5, 0.6) is 0 Å². The van der Waals surface area contributed by atoms with E-state index >= 15 is 0 Å². The number of halogens is 2. The highest BCUT2D eigenvalue weighted by Crippen LogP contribution is 2.22. The molecule has 0 radical (unpaired) electrons. The van der Waals surface area contributed by atoms with Gasteiger partial charge in [0.1, 0.15) is 17.3 Å². The van der Waals surface area contributed by atoms with E-state index in [1.807, 2.05) is 13.8 Å². The van der Waals surface area contributed by atoms with E-state index in [-0.39, 0.29) is 17.3 Å². The zero-order valence-electron chi connectivity index (χ0n) is 12.1. The molecule has 2 rings (SSSR count). The number of nitrogens with one attached hydrogen (secondary N) is 1. The lowest BCUT2D eigenvalue weighted by Crippen LogP contribution is -2.18. The van der Waals surface area contributed by atoms with Gasteiger partial charge in [0.05, 0.1) is 11.4 Å². The summed E-state index contributed by atoms with van der Waals surface area (Å²) in [6, 6.07) is 3.52. The number of nitrogens with two attached hydrogens (primary N) is 1. The number of carbonyl (C=O) groups is 1. The molecule has 0 aliphatic heterocycles. The lowest BCUT2D eigenvalue weighted by atomic mass is 10.2. The van der Waals surface area contributed by atoms with Crippen LogP contribution in [0, 0.1) is 18.6 Å². The van der Waals surface area contributed by atoms with E-state index in [0.717, 1.165) is 12.1 Å². The molecule has 0 atom stereocenters. The number of carbonyl (C=O) groups excluding carboxylic acids is 1. The Morgan fingerprint density at radius 1 is 1.24 bits per heavy atom. The quantitative estimate of drug-likeness (QED) is 0.910. The molecule has 21 heavy (non-hydrogen) atoms. The molecular weight excluding hydrogens is 276 g/mol. The Morgan fingerprint density at radius 2 is 1.90 bits per heavy atom. The van der Waals surface area contributed by atoms with Gasteiger partial charge in [-0.05, 0) is 38.5 Å². The molecule has 1 aromatic carbocycles. The number of benzene rings is 1. The fourth-order valence-corrected chi connectivity index (χ4v) is 2.04. The van der Waals surface area contributed by atoms with Crippen molar-refractivity contribution in [2.45, 2.75) is 26.8 Å². The second-order valence-corrected chi connectivity index (χ2v) is 5.20. The summed E-state index contributed by atoms with van der Waals surface area (Å²) in [5.74, 6) is -1.80. The number of rotatable bonds is 3. The first-order valence-corrected chi connectivity index (χ1v) is 6.54. The highest BCUT2D eigenvalue weighted by molar-refractivity contribution is 6.04. The highest BCUT2D eigenvalue weighted by Gasteiger charge is 2.17. The van der Waals surface area contributed by atoms with Gasteiger partial charge in [-0.3, -0.25) is 4.79 Å². The Kier molecular flexibility index (Phi) is 3.97. The van der Waals surface area contributed by atoms with Gasteiger partial charge in [-0.15, -0.1) is 0 Å². The number of amides is 1. The summed E-state index contributed by atoms with van der Waals surface area (Å²) in [6.07, 6.45) is 1.63. The number of hydrogen-bond donors (Lipinski definition) is 2. The predicted octanol–water partition coefficient (Wildman–Crippen LogP) is 3.49. The highest BCUT2D eigenvalue weighted by atomic mass is 19.1. The summed E-state index contributed by atoms with van der Waals surface area (Å²) in [5.41, 5.74) is 6.40. The smallest absolute Gasteiger partial charge is 0.272 e. The fraction of sp³-hybridized carbons (Fsp3) is 0.267. The van der Waals surface area contributed by atoms with Crippen LogP contribution in [0.4, 0.5) is 20.2 Å². The molecule has 1 amide bonds. The minimum Gasteiger partial charge on any atom is -0.397 e. The first-order chi connectivity index (χ1) is 9.79. The average Bonchev–Trinajstić information content (AvgIpc) is 2.78. The standard InChI is InChI=1S/C15H17F2N3O/c1-8(2)20-7-10(18)5-14(20)15(21)19-13-6-11(16)9(3)4-12(13)17/h4-8H,18H2,1-3H3,(H,19,21). The molecule has 0 saturated heterocycles. The van der Waals surface area contributed by atoms with E-state index in [4.69, 9.17) is 5.73 Å². The number of aryl methyl sites for hydroxylation is 1. The summed E-state index contributed by atoms with van der Waals surface area (Å²) < 4.78 is 28.9. The van der Waals surface area contributed by atoms with Gasteiger partial charge in [-0.1, -0.05) is 0 Å². The largest absolute Gasteiger partial charge is 0.397 e. The van der Waals surface area contributed by atoms with Crippen LogP contribution in [0.2, 0.25) is 0 Å². The van der Waals surface area contributed by atoms with Gasteiger partial charge < -0.3 is 15.6 Å². The third-order valence-corrected chi connectivity index (χ3v) is 3.16. The number of nitrogens with zero attached hydrogens (tertiary/aromatic N) is 1. The molecule has 6 heteroatoms. The minimum atomic E-state index is -0.683. The van der Waals surface area contributed by atoms with Crippen molar-refractivity contribution < 1.29 is 13.6 Å². The Labute approximate surface area is 121 Å². The summed E-state index contributed by atoms with van der Waals surface area (Å²) in [5, 5.41) is 2.37. The van der Waals surface area contributed by atoms with Crippen LogP contribution in [0.15, 0.2) is 24.4 Å². The maximum Gasteiger partial charge on any atom is 0.272 e. The van der Waals surface area contributed by atoms with E-state index in [1.54, 1.807) is 10.8 Å². The van der Waals surface area contributed by atoms with E-state index in [9.17, 15) is 13.6 Å². The second-order valence-electron chi connectivity index (χ2n) is 5.20. The van der Waals surface area contributed by atoms with Crippen molar-refractivity contribution in [3.8, 4) is 0 Å². The van der Waals surface area contributed by atoms with Crippen molar-refractivity contribution in [1.82, 2.24) is 4.57 Å². The van der Waals surface area contributed by atoms with Crippen LogP contribution in [0.3, 0.4) is 0 Å². The van der Waals surface area contributed by atoms with Crippen molar-refractivity contribution in [2.75, 3.05) is 11.1 Å². The molecule has 0 saturated carbocycles. The van der Waals surface area contributed by atoms with Gasteiger partial charge >= 0.3 is 0 Å². The van der Waals surface area contributed by atoms with Crippen LogP contribution >= 0.6 is 0 Å². The zero-order chi connectivity index (χ0) is 15.7. The van der Waals surface area contributed by atoms with Crippen LogP contribution in [-0.2, 0) is 0 Å². The van der Waals surface area contributed by atoms with Crippen LogP contribution in [0.1, 0.15) is 35.9 Å². The van der Waals surface area contributed by atoms with Gasteiger partial charge in [-0.25, -0.2) is 8.78 Å². The number of anilines is 2. The topological polar surface area (TPSA) is 60.1 Å². The Hall–Kier alpha value is -2.37. The number of nitrogen functional groups attached to an aromatic ring is 1. The van der Waals surface area contributed by atoms with E-state index in [0.29, 0.717) is 11.4 Å². The summed E-state index contributed by atoms with van der Waals surface area (Å²) >= 11 is 0. The molecule has 1 heterocycles. The molecule has 0 bridgehead atoms. The fourth-order valence-electron chi connectivity index (χ4n) is 2.04. The Balaban J connectivity index is 2.33. The van der Waals surface area contributed by atoms with E-state index < -0.39 is 17.5 Å². The number of aromatic nitrogens is 1. The van der Waals surface area contributed by atoms with Crippen molar-refractivity contribution in [3.63, 3.8) is 0 Å². The molecule has 0 spiro atoms. The molecule has 0 aliphatic carbocycles. The molecule has 112 valence electrons. The number of hydrogen-bond acceptors (Lipinski definition) is 2. The zero-order valence-corrected chi connectivity index (χ0v) is 12.1. The third-order valence-electron chi connectivity index (χ3n) is 3.16. The monoisotopic (exact) mass is 293 g/mol. The first-order valence-electron chi connectivity index (χ1n) is 6.54. The summed E-state index contributed by atoms with van der Waals surface area (Å²) in [7, 11) is 0. The molecular formula is C15H17F2N3O. The molecule has 0 aliphatic rings. The molecule has 1 aromatic heterocycles. The van der Waals surface area contributed by atoms with Gasteiger partial charge in [0.2, 0.25) is 0 Å². The Bertz CT molecular complexity index is 692. The van der Waals surface area contributed by atoms with Crippen LogP contribution < -0.4 is 11.1 Å². The van der Waals surface area contributed by atoms with Crippen molar-refractivity contribution in [1.29, 1.82) is 0 Å². The predicted molar refractivity (Wildman–Crippen MR) is 78.3 cm³/mol. The van der Waals surface area contributed by atoms with Crippen molar-refractivity contribution >= 4 is 17.3 Å². The maximum atomic E-state index is 13.8. The van der Waals surface area contributed by atoms with Gasteiger partial charge in [0.15, 0.2) is 0 Å². The first kappa shape index (κ1) is 15.0. The summed E-state index contributed by atoms with van der Waals surface area (Å²) in [4.78, 5) is 12.2. The Morgan fingerprint density at radius 3 is 2.52 bits per heavy atom. The molecule has 0 unspecified atom stereocenters. The normalized spacial score (nSPS) is 11.0. The SMILES string of the molecule is Cc1cc(F)c(NC(=O)c2cc(N)cn2C(C)C)cc1F. The maximum absolute atomic E-state index is 13.8. The van der Waals surface area contributed by atoms with Gasteiger partial charge in [0.25, 0.3) is 5.91 Å². The molecule has 0 fully saturated rings. The second kappa shape index (κ2) is 5.55. The van der Waals surface area contributed by atoms with Crippen molar-refractivity contribution in [2.24, 2.45) is 0 Å². The lowest BCUT2D eigenvalue weighted by Gasteiger charge is -2.13. The molecule has 4 nitrogen and oxygen atoms in total. The summed E-state index contributed by atoms with van der Waals surface area (Å²) in [6.45, 7) is 5.24. The third kappa shape index (κ3) is 3.04. The van der Waals surface area contributed by atoms with Crippen LogP contribution in [-0.4, -0.2) is 10.5 Å². The average molecular weight is 293 g/mol. The van der Waals surface area contributed by atoms with Gasteiger partial charge in [0, 0.05) is 18.3 Å².